The van der Waals surface area contributed by atoms with Crippen LogP contribution in [0.15, 0.2) is 6.07 Å². The van der Waals surface area contributed by atoms with E-state index in [9.17, 15) is 8.78 Å². The highest BCUT2D eigenvalue weighted by Crippen LogP contribution is 2.46. The summed E-state index contributed by atoms with van der Waals surface area (Å²) in [7, 11) is 0. The van der Waals surface area contributed by atoms with Gasteiger partial charge in [0, 0.05) is 0 Å². The quantitative estimate of drug-likeness (QED) is 0.466. The van der Waals surface area contributed by atoms with Crippen LogP contribution in [0.4, 0.5) is 8.78 Å². The first-order valence-electron chi connectivity index (χ1n) is 11.5. The Labute approximate surface area is 178 Å². The van der Waals surface area contributed by atoms with Gasteiger partial charge in [-0.1, -0.05) is 19.3 Å². The third-order valence-electron chi connectivity index (χ3n) is 8.05. The minimum atomic E-state index is -1.10. The second-order valence-corrected chi connectivity index (χ2v) is 9.84. The van der Waals surface area contributed by atoms with Crippen molar-refractivity contribution in [3.63, 3.8) is 0 Å². The summed E-state index contributed by atoms with van der Waals surface area (Å²) < 4.78 is 38.2. The standard InChI is InChI=1S/C24H33ClF2O2/c1-15-13-21(29-25)22(26)23(27)24(15)28-14-16-5-7-18(8-6-16)20-11-9-19(10-12-20)17-3-2-4-17/h13,16-20H,2-12,14H2,1H3. The van der Waals surface area contributed by atoms with Gasteiger partial charge in [-0.3, -0.25) is 0 Å². The first kappa shape index (κ1) is 21.2. The highest BCUT2D eigenvalue weighted by atomic mass is 35.5. The monoisotopic (exact) mass is 426 g/mol. The fourth-order valence-electron chi connectivity index (χ4n) is 5.97. The van der Waals surface area contributed by atoms with Gasteiger partial charge in [0.15, 0.2) is 11.5 Å². The van der Waals surface area contributed by atoms with Crippen LogP contribution >= 0.6 is 11.9 Å². The van der Waals surface area contributed by atoms with Crippen molar-refractivity contribution >= 4 is 11.9 Å². The molecule has 0 aliphatic heterocycles. The topological polar surface area (TPSA) is 18.5 Å². The predicted octanol–water partition coefficient (Wildman–Crippen LogP) is 7.60. The summed E-state index contributed by atoms with van der Waals surface area (Å²) in [6.45, 7) is 2.12. The first-order valence-corrected chi connectivity index (χ1v) is 11.8. The Morgan fingerprint density at radius 1 is 0.828 bits per heavy atom. The molecule has 0 saturated heterocycles. The van der Waals surface area contributed by atoms with Crippen molar-refractivity contribution in [2.45, 2.75) is 77.6 Å². The Hall–Kier alpha value is -1.03. The van der Waals surface area contributed by atoms with E-state index < -0.39 is 11.6 Å². The molecule has 0 atom stereocenters. The number of aryl methyl sites for hydroxylation is 1. The van der Waals surface area contributed by atoms with E-state index in [0.29, 0.717) is 18.1 Å². The third kappa shape index (κ3) is 4.68. The SMILES string of the molecule is Cc1cc(OCl)c(F)c(F)c1OCC1CCC(C2CCC(C3CCC3)CC2)CC1. The van der Waals surface area contributed by atoms with Gasteiger partial charge in [0.25, 0.3) is 0 Å². The van der Waals surface area contributed by atoms with E-state index in [1.807, 2.05) is 0 Å². The van der Waals surface area contributed by atoms with E-state index >= 15 is 0 Å². The number of hydrogen-bond donors (Lipinski definition) is 0. The molecule has 3 fully saturated rings. The minimum absolute atomic E-state index is 0.0172. The molecular weight excluding hydrogens is 394 g/mol. The lowest BCUT2D eigenvalue weighted by Crippen LogP contribution is -2.31. The summed E-state index contributed by atoms with van der Waals surface area (Å²) in [6.07, 6.45) is 14.9. The predicted molar refractivity (Wildman–Crippen MR) is 111 cm³/mol. The lowest BCUT2D eigenvalue weighted by atomic mass is 9.64. The fraction of sp³-hybridized carbons (Fsp3) is 0.750. The summed E-state index contributed by atoms with van der Waals surface area (Å²) in [5.74, 6) is 1.80. The van der Waals surface area contributed by atoms with E-state index in [0.717, 1.165) is 36.5 Å². The van der Waals surface area contributed by atoms with Crippen molar-refractivity contribution < 1.29 is 17.8 Å². The smallest absolute Gasteiger partial charge is 0.206 e. The minimum Gasteiger partial charge on any atom is -0.490 e. The first-order chi connectivity index (χ1) is 14.1. The molecule has 1 aromatic carbocycles. The maximum Gasteiger partial charge on any atom is 0.206 e. The fourth-order valence-corrected chi connectivity index (χ4v) is 6.08. The molecule has 0 aromatic heterocycles. The van der Waals surface area contributed by atoms with E-state index in [4.69, 9.17) is 16.6 Å². The van der Waals surface area contributed by atoms with Crippen molar-refractivity contribution in [1.82, 2.24) is 0 Å². The maximum absolute atomic E-state index is 14.2. The van der Waals surface area contributed by atoms with E-state index in [1.54, 1.807) is 6.92 Å². The summed E-state index contributed by atoms with van der Waals surface area (Å²) in [6, 6.07) is 1.37. The van der Waals surface area contributed by atoms with Crippen LogP contribution < -0.4 is 9.03 Å². The molecule has 2 nitrogen and oxygen atoms in total. The molecule has 3 saturated carbocycles. The molecule has 4 rings (SSSR count). The van der Waals surface area contributed by atoms with Crippen molar-refractivity contribution in [3.8, 4) is 11.5 Å². The molecule has 162 valence electrons. The molecule has 0 N–H and O–H groups in total. The van der Waals surface area contributed by atoms with Crippen molar-refractivity contribution in [3.05, 3.63) is 23.3 Å². The number of rotatable bonds is 6. The van der Waals surface area contributed by atoms with Crippen molar-refractivity contribution in [1.29, 1.82) is 0 Å². The molecular formula is C24H33ClF2O2. The average Bonchev–Trinajstić information content (AvgIpc) is 2.70. The summed E-state index contributed by atoms with van der Waals surface area (Å²) in [5.41, 5.74) is 0.497. The maximum atomic E-state index is 14.2. The zero-order valence-electron chi connectivity index (χ0n) is 17.4. The van der Waals surface area contributed by atoms with Gasteiger partial charge in [-0.05, 0) is 99.5 Å². The highest BCUT2D eigenvalue weighted by Gasteiger charge is 2.35. The largest absolute Gasteiger partial charge is 0.490 e. The van der Waals surface area contributed by atoms with Crippen LogP contribution in [0.1, 0.15) is 76.2 Å². The van der Waals surface area contributed by atoms with Crippen LogP contribution in [-0.4, -0.2) is 6.61 Å². The van der Waals surface area contributed by atoms with Gasteiger partial charge in [-0.15, -0.1) is 0 Å². The Morgan fingerprint density at radius 3 is 1.83 bits per heavy atom. The van der Waals surface area contributed by atoms with Crippen LogP contribution in [0.3, 0.4) is 0 Å². The molecule has 3 aliphatic carbocycles. The normalized spacial score (nSPS) is 30.6. The second kappa shape index (κ2) is 9.41. The summed E-state index contributed by atoms with van der Waals surface area (Å²) >= 11 is 5.19. The van der Waals surface area contributed by atoms with Crippen LogP contribution in [0.5, 0.6) is 11.5 Å². The van der Waals surface area contributed by atoms with Gasteiger partial charge in [-0.2, -0.15) is 8.78 Å². The number of benzene rings is 1. The van der Waals surface area contributed by atoms with E-state index in [-0.39, 0.29) is 11.5 Å². The zero-order chi connectivity index (χ0) is 20.4. The molecule has 29 heavy (non-hydrogen) atoms. The highest BCUT2D eigenvalue weighted by molar-refractivity contribution is 6.09. The molecule has 0 unspecified atom stereocenters. The molecule has 3 aliphatic rings. The van der Waals surface area contributed by atoms with E-state index in [2.05, 4.69) is 4.29 Å². The van der Waals surface area contributed by atoms with Crippen LogP contribution in [0, 0.1) is 48.1 Å². The van der Waals surface area contributed by atoms with E-state index in [1.165, 1.54) is 63.9 Å². The molecule has 0 bridgehead atoms. The Balaban J connectivity index is 1.23. The number of ether oxygens (including phenoxy) is 1. The lowest BCUT2D eigenvalue weighted by molar-refractivity contribution is 0.0900. The summed E-state index contributed by atoms with van der Waals surface area (Å²) in [4.78, 5) is 0. The average molecular weight is 427 g/mol. The second-order valence-electron chi connectivity index (χ2n) is 9.68. The zero-order valence-corrected chi connectivity index (χ0v) is 18.2. The van der Waals surface area contributed by atoms with Gasteiger partial charge in [0.2, 0.25) is 11.6 Å². The number of hydrogen-bond acceptors (Lipinski definition) is 2. The Morgan fingerprint density at radius 2 is 1.34 bits per heavy atom. The van der Waals surface area contributed by atoms with Crippen LogP contribution in [0.2, 0.25) is 0 Å². The number of halogens is 3. The molecule has 0 heterocycles. The van der Waals surface area contributed by atoms with Gasteiger partial charge >= 0.3 is 0 Å². The molecule has 5 heteroatoms. The van der Waals surface area contributed by atoms with Crippen LogP contribution in [0.25, 0.3) is 0 Å². The Kier molecular flexibility index (Phi) is 6.88. The van der Waals surface area contributed by atoms with Gasteiger partial charge in [0.05, 0.1) is 6.61 Å². The van der Waals surface area contributed by atoms with Crippen molar-refractivity contribution in [2.24, 2.45) is 29.6 Å². The summed E-state index contributed by atoms with van der Waals surface area (Å²) in [5, 5.41) is 0. The van der Waals surface area contributed by atoms with Gasteiger partial charge in [-0.25, -0.2) is 0 Å². The molecule has 0 amide bonds. The van der Waals surface area contributed by atoms with Crippen molar-refractivity contribution in [2.75, 3.05) is 6.61 Å². The van der Waals surface area contributed by atoms with Gasteiger partial charge < -0.3 is 9.03 Å². The van der Waals surface area contributed by atoms with Gasteiger partial charge in [0.1, 0.15) is 11.9 Å². The lowest BCUT2D eigenvalue weighted by Gasteiger charge is -2.42. The van der Waals surface area contributed by atoms with Crippen LogP contribution in [-0.2, 0) is 0 Å². The molecule has 0 radical (unpaired) electrons. The molecule has 1 aromatic rings. The molecule has 0 spiro atoms. The third-order valence-corrected chi connectivity index (χ3v) is 8.22. The Bertz CT molecular complexity index is 691.